The van der Waals surface area contributed by atoms with Crippen LogP contribution < -0.4 is 0 Å². The van der Waals surface area contributed by atoms with E-state index in [-0.39, 0.29) is 0 Å². The Kier molecular flexibility index (Phi) is 5.48. The van der Waals surface area contributed by atoms with Gasteiger partial charge in [0.1, 0.15) is 42.7 Å². The number of aliphatic hydroxyl groups excluding tert-OH is 7. The van der Waals surface area contributed by atoms with Gasteiger partial charge in [-0.2, -0.15) is 0 Å². The van der Waals surface area contributed by atoms with Crippen LogP contribution in [-0.2, 0) is 14.2 Å². The van der Waals surface area contributed by atoms with Crippen LogP contribution in [0.3, 0.4) is 0 Å². The van der Waals surface area contributed by atoms with E-state index in [1.165, 1.54) is 0 Å². The Morgan fingerprint density at radius 3 is 1.86 bits per heavy atom. The summed E-state index contributed by atoms with van der Waals surface area (Å²) in [6, 6.07) is 0. The van der Waals surface area contributed by atoms with Crippen LogP contribution in [0.5, 0.6) is 0 Å². The summed E-state index contributed by atoms with van der Waals surface area (Å²) < 4.78 is 15.2. The van der Waals surface area contributed by atoms with Gasteiger partial charge in [-0.15, -0.1) is 0 Å². The van der Waals surface area contributed by atoms with Gasteiger partial charge in [0.2, 0.25) is 0 Å². The summed E-state index contributed by atoms with van der Waals surface area (Å²) in [5.41, 5.74) is 0. The second-order valence-electron chi connectivity index (χ2n) is 5.04. The monoisotopic (exact) mass is 312 g/mol. The van der Waals surface area contributed by atoms with E-state index < -0.39 is 68.5 Å². The fourth-order valence-electron chi connectivity index (χ4n) is 2.37. The topological polar surface area (TPSA) is 169 Å². The van der Waals surface area contributed by atoms with Crippen molar-refractivity contribution < 1.29 is 50.0 Å². The molecule has 2 aliphatic rings. The maximum absolute atomic E-state index is 9.87. The number of ether oxygens (including phenoxy) is 3. The van der Waals surface area contributed by atoms with Gasteiger partial charge in [0.25, 0.3) is 0 Å². The van der Waals surface area contributed by atoms with Gasteiger partial charge in [0.05, 0.1) is 13.2 Å². The van der Waals surface area contributed by atoms with Crippen molar-refractivity contribution >= 4 is 0 Å². The molecule has 0 aliphatic carbocycles. The molecule has 2 rings (SSSR count). The van der Waals surface area contributed by atoms with Gasteiger partial charge in [-0.3, -0.25) is 0 Å². The minimum atomic E-state index is -1.69. The van der Waals surface area contributed by atoms with Crippen LogP contribution in [0.4, 0.5) is 0 Å². The molecule has 9 atom stereocenters. The van der Waals surface area contributed by atoms with Gasteiger partial charge in [0.15, 0.2) is 12.6 Å². The third-order valence-corrected chi connectivity index (χ3v) is 3.63. The first kappa shape index (κ1) is 17.0. The second-order valence-corrected chi connectivity index (χ2v) is 5.04. The molecule has 0 aromatic heterocycles. The van der Waals surface area contributed by atoms with E-state index in [2.05, 4.69) is 0 Å². The highest BCUT2D eigenvalue weighted by Crippen LogP contribution is 2.28. The Labute approximate surface area is 119 Å². The predicted molar refractivity (Wildman–Crippen MR) is 62.6 cm³/mol. The van der Waals surface area contributed by atoms with Crippen molar-refractivity contribution in [2.75, 3.05) is 13.2 Å². The minimum Gasteiger partial charge on any atom is -0.394 e. The summed E-state index contributed by atoms with van der Waals surface area (Å²) in [7, 11) is 0. The van der Waals surface area contributed by atoms with Crippen LogP contribution in [0.1, 0.15) is 0 Å². The molecule has 124 valence electrons. The van der Waals surface area contributed by atoms with Crippen molar-refractivity contribution in [2.24, 2.45) is 0 Å². The van der Waals surface area contributed by atoms with Crippen LogP contribution in [-0.4, -0.2) is 104 Å². The van der Waals surface area contributed by atoms with Gasteiger partial charge in [-0.25, -0.2) is 0 Å². The lowest BCUT2D eigenvalue weighted by Gasteiger charge is -2.41. The molecule has 0 spiro atoms. The van der Waals surface area contributed by atoms with E-state index in [0.717, 1.165) is 0 Å². The molecule has 0 saturated carbocycles. The van der Waals surface area contributed by atoms with E-state index in [1.54, 1.807) is 0 Å². The molecule has 0 radical (unpaired) electrons. The number of hydrogen-bond donors (Lipinski definition) is 7. The predicted octanol–water partition coefficient (Wildman–Crippen LogP) is -4.76. The quantitative estimate of drug-likeness (QED) is 0.267. The molecule has 2 heterocycles. The first-order valence-corrected chi connectivity index (χ1v) is 6.49. The van der Waals surface area contributed by atoms with Gasteiger partial charge < -0.3 is 50.0 Å². The molecule has 9 unspecified atom stereocenters. The molecule has 21 heavy (non-hydrogen) atoms. The summed E-state index contributed by atoms with van der Waals surface area (Å²) in [5, 5.41) is 66.2. The van der Waals surface area contributed by atoms with Crippen molar-refractivity contribution in [3.8, 4) is 0 Å². The summed E-state index contributed by atoms with van der Waals surface area (Å²) >= 11 is 0. The fraction of sp³-hybridized carbons (Fsp3) is 1.00. The molecule has 2 fully saturated rings. The number of aliphatic hydroxyl groups is 7. The maximum atomic E-state index is 9.87. The fourth-order valence-corrected chi connectivity index (χ4v) is 2.37. The summed E-state index contributed by atoms with van der Waals surface area (Å²) in [5.74, 6) is 0. The highest BCUT2D eigenvalue weighted by Gasteiger charge is 2.49. The average molecular weight is 312 g/mol. The van der Waals surface area contributed by atoms with Crippen molar-refractivity contribution in [1.82, 2.24) is 0 Å². The first-order chi connectivity index (χ1) is 9.90. The molecule has 7 N–H and O–H groups in total. The molecule has 2 aliphatic heterocycles. The van der Waals surface area contributed by atoms with Crippen LogP contribution in [0, 0.1) is 0 Å². The number of hydrogen-bond acceptors (Lipinski definition) is 10. The lowest BCUT2D eigenvalue weighted by Crippen LogP contribution is -2.60. The van der Waals surface area contributed by atoms with Crippen molar-refractivity contribution in [1.29, 1.82) is 0 Å². The molecule has 2 saturated heterocycles. The van der Waals surface area contributed by atoms with E-state index >= 15 is 0 Å². The smallest absolute Gasteiger partial charge is 0.187 e. The molecule has 0 bridgehead atoms. The van der Waals surface area contributed by atoms with Gasteiger partial charge in [0, 0.05) is 0 Å². The molecule has 10 nitrogen and oxygen atoms in total. The van der Waals surface area contributed by atoms with Crippen LogP contribution in [0.25, 0.3) is 0 Å². The van der Waals surface area contributed by atoms with Crippen LogP contribution in [0.2, 0.25) is 0 Å². The lowest BCUT2D eigenvalue weighted by atomic mass is 9.99. The summed E-state index contributed by atoms with van der Waals surface area (Å²) in [6.45, 7) is -1.17. The van der Waals surface area contributed by atoms with E-state index in [0.29, 0.717) is 0 Å². The Morgan fingerprint density at radius 2 is 1.33 bits per heavy atom. The van der Waals surface area contributed by atoms with Gasteiger partial charge in [-0.1, -0.05) is 0 Å². The Bertz CT molecular complexity index is 339. The lowest BCUT2D eigenvalue weighted by molar-refractivity contribution is -0.320. The molecular formula is C11H20O10. The minimum absolute atomic E-state index is 0.549. The Morgan fingerprint density at radius 1 is 0.714 bits per heavy atom. The van der Waals surface area contributed by atoms with Crippen LogP contribution in [0.15, 0.2) is 0 Å². The Hall–Kier alpha value is -0.400. The number of rotatable bonds is 4. The van der Waals surface area contributed by atoms with E-state index in [9.17, 15) is 30.6 Å². The zero-order valence-electron chi connectivity index (χ0n) is 11.0. The third kappa shape index (κ3) is 3.19. The largest absolute Gasteiger partial charge is 0.394 e. The van der Waals surface area contributed by atoms with E-state index in [4.69, 9.17) is 19.3 Å². The van der Waals surface area contributed by atoms with Crippen molar-refractivity contribution in [3.05, 3.63) is 0 Å². The zero-order valence-corrected chi connectivity index (χ0v) is 11.0. The summed E-state index contributed by atoms with van der Waals surface area (Å²) in [4.78, 5) is 0. The van der Waals surface area contributed by atoms with Gasteiger partial charge >= 0.3 is 0 Å². The zero-order chi connectivity index (χ0) is 15.7. The molecular weight excluding hydrogens is 292 g/mol. The first-order valence-electron chi connectivity index (χ1n) is 6.49. The molecule has 0 amide bonds. The van der Waals surface area contributed by atoms with Crippen LogP contribution >= 0.6 is 0 Å². The normalized spacial score (nSPS) is 51.3. The second kappa shape index (κ2) is 6.79. The van der Waals surface area contributed by atoms with Crippen molar-refractivity contribution in [3.63, 3.8) is 0 Å². The molecule has 0 aromatic rings. The highest BCUT2D eigenvalue weighted by molar-refractivity contribution is 4.92. The standard InChI is InChI=1S/C11H20O10/c12-1-3-5(14)8(17)11(20-3)21-9-4(2-13)19-10(18)7(16)6(9)15/h3-18H,1-2H2. The van der Waals surface area contributed by atoms with E-state index in [1.807, 2.05) is 0 Å². The molecule has 0 aromatic carbocycles. The van der Waals surface area contributed by atoms with Crippen molar-refractivity contribution in [2.45, 2.75) is 55.3 Å². The summed E-state index contributed by atoms with van der Waals surface area (Å²) in [6.07, 6.45) is -12.8. The Balaban J connectivity index is 2.06. The molecule has 10 heteroatoms. The third-order valence-electron chi connectivity index (χ3n) is 3.63. The SMILES string of the molecule is OCC1OC(OC2C(CO)OC(O)C(O)C2O)C(O)C1O. The van der Waals surface area contributed by atoms with Gasteiger partial charge in [-0.05, 0) is 0 Å². The average Bonchev–Trinajstić information content (AvgIpc) is 2.75. The maximum Gasteiger partial charge on any atom is 0.187 e. The highest BCUT2D eigenvalue weighted by atomic mass is 16.7.